The molecule has 0 unspecified atom stereocenters. The van der Waals surface area contributed by atoms with Gasteiger partial charge in [-0.05, 0) is 67.3 Å². The van der Waals surface area contributed by atoms with Gasteiger partial charge in [0.1, 0.15) is 17.8 Å². The van der Waals surface area contributed by atoms with Gasteiger partial charge in [-0.25, -0.2) is 4.39 Å². The molecule has 3 aliphatic heterocycles. The number of benzene rings is 1. The van der Waals surface area contributed by atoms with Gasteiger partial charge in [0.05, 0.1) is 12.0 Å². The molecule has 1 aromatic carbocycles. The van der Waals surface area contributed by atoms with Crippen molar-refractivity contribution in [1.29, 1.82) is 0 Å². The molecule has 0 bridgehead atoms. The van der Waals surface area contributed by atoms with E-state index in [1.807, 2.05) is 0 Å². The second-order valence-electron chi connectivity index (χ2n) is 11.3. The van der Waals surface area contributed by atoms with E-state index >= 15 is 0 Å². The maximum atomic E-state index is 14.2. The number of thiophene rings is 1. The van der Waals surface area contributed by atoms with Gasteiger partial charge in [-0.15, -0.1) is 11.3 Å². The summed E-state index contributed by atoms with van der Waals surface area (Å²) >= 11 is 1.14. The third-order valence-corrected chi connectivity index (χ3v) is 10.7. The molecule has 3 saturated heterocycles. The molecule has 5 heterocycles. The second-order valence-corrected chi connectivity index (χ2v) is 14.1. The van der Waals surface area contributed by atoms with E-state index in [1.54, 1.807) is 35.4 Å². The fourth-order valence-electron chi connectivity index (χ4n) is 6.44. The molecule has 43 heavy (non-hydrogen) atoms. The van der Waals surface area contributed by atoms with E-state index in [0.717, 1.165) is 41.9 Å². The zero-order valence-corrected chi connectivity index (χ0v) is 25.1. The Labute approximate surface area is 251 Å². The maximum Gasteiger partial charge on any atom is 0.363 e. The Morgan fingerprint density at radius 2 is 1.95 bits per heavy atom. The van der Waals surface area contributed by atoms with Crippen molar-refractivity contribution in [1.82, 2.24) is 20.1 Å². The van der Waals surface area contributed by atoms with Crippen molar-refractivity contribution < 1.29 is 37.9 Å². The summed E-state index contributed by atoms with van der Waals surface area (Å²) in [6.45, 7) is 1.05. The van der Waals surface area contributed by atoms with Gasteiger partial charge in [0, 0.05) is 47.7 Å². The highest BCUT2D eigenvalue weighted by Crippen LogP contribution is 2.53. The Morgan fingerprint density at radius 3 is 2.70 bits per heavy atom. The molecule has 0 aliphatic carbocycles. The molecule has 0 saturated carbocycles. The van der Waals surface area contributed by atoms with Crippen LogP contribution < -0.4 is 10.1 Å². The lowest BCUT2D eigenvalue weighted by atomic mass is 9.91. The van der Waals surface area contributed by atoms with Gasteiger partial charge >= 0.3 is 7.60 Å². The summed E-state index contributed by atoms with van der Waals surface area (Å²) in [5.74, 6) is -2.42. The van der Waals surface area contributed by atoms with Gasteiger partial charge in [0.2, 0.25) is 17.7 Å². The fourth-order valence-corrected chi connectivity index (χ4v) is 7.93. The van der Waals surface area contributed by atoms with Gasteiger partial charge in [0.15, 0.2) is 0 Å². The van der Waals surface area contributed by atoms with E-state index in [0.29, 0.717) is 40.9 Å². The molecule has 0 radical (unpaired) electrons. The number of likely N-dealkylation sites (tertiary alicyclic amines) is 1. The number of amides is 3. The molecule has 0 spiro atoms. The fraction of sp³-hybridized carbons (Fsp3) is 0.448. The van der Waals surface area contributed by atoms with Gasteiger partial charge in [0.25, 0.3) is 5.91 Å². The van der Waals surface area contributed by atoms with Crippen LogP contribution in [0.1, 0.15) is 64.7 Å². The van der Waals surface area contributed by atoms with Crippen LogP contribution in [0.4, 0.5) is 4.39 Å². The van der Waals surface area contributed by atoms with Crippen LogP contribution in [-0.4, -0.2) is 80.6 Å². The Balaban J connectivity index is 1.13. The molecule has 3 amide bonds. The number of nitrogens with zero attached hydrogens (tertiary/aromatic N) is 3. The lowest BCUT2D eigenvalue weighted by Crippen LogP contribution is -2.58. The Kier molecular flexibility index (Phi) is 8.01. The van der Waals surface area contributed by atoms with Crippen molar-refractivity contribution in [3.8, 4) is 5.75 Å². The summed E-state index contributed by atoms with van der Waals surface area (Å²) in [6.07, 6.45) is 6.67. The summed E-state index contributed by atoms with van der Waals surface area (Å²) in [6, 6.07) is 6.03. The summed E-state index contributed by atoms with van der Waals surface area (Å²) in [7, 11) is -3.37. The van der Waals surface area contributed by atoms with Crippen molar-refractivity contribution in [3.05, 3.63) is 58.7 Å². The number of methoxy groups -OCH3 is 1. The molecule has 11 nitrogen and oxygen atoms in total. The first-order chi connectivity index (χ1) is 20.5. The molecule has 3 aliphatic rings. The molecule has 4 atom stereocenters. The van der Waals surface area contributed by atoms with Crippen molar-refractivity contribution in [2.45, 2.75) is 62.1 Å². The number of nitrogens with one attached hydrogen (secondary N) is 1. The number of halogens is 1. The van der Waals surface area contributed by atoms with Gasteiger partial charge in [-0.2, -0.15) is 0 Å². The summed E-state index contributed by atoms with van der Waals surface area (Å²) in [4.78, 5) is 67.0. The highest BCUT2D eigenvalue weighted by Gasteiger charge is 2.47. The Hall–Kier alpha value is -3.38. The smallest absolute Gasteiger partial charge is 0.363 e. The second kappa shape index (κ2) is 11.6. The SMILES string of the molecule is COc1ccncc1C1CN(C(=O)[C@@H]2CC[C@@H]3CCC[C@H](NC(=O)c4cc5cc([C@H](F)P(=O)(O)O)ccc5s4)C(=O)N32)C1. The van der Waals surface area contributed by atoms with Gasteiger partial charge in [-0.3, -0.25) is 23.9 Å². The van der Waals surface area contributed by atoms with Crippen LogP contribution in [0.25, 0.3) is 10.1 Å². The minimum absolute atomic E-state index is 0.0516. The highest BCUT2D eigenvalue weighted by atomic mass is 32.1. The first kappa shape index (κ1) is 29.7. The largest absolute Gasteiger partial charge is 0.496 e. The van der Waals surface area contributed by atoms with Crippen LogP contribution in [0.15, 0.2) is 42.7 Å². The number of aromatic nitrogens is 1. The average molecular weight is 631 g/mol. The van der Waals surface area contributed by atoms with Crippen molar-refractivity contribution in [3.63, 3.8) is 0 Å². The lowest BCUT2D eigenvalue weighted by Gasteiger charge is -2.42. The third kappa shape index (κ3) is 5.66. The number of hydrogen-bond donors (Lipinski definition) is 3. The van der Waals surface area contributed by atoms with E-state index in [-0.39, 0.29) is 29.3 Å². The van der Waals surface area contributed by atoms with E-state index in [4.69, 9.17) is 4.74 Å². The number of alkyl halides is 1. The van der Waals surface area contributed by atoms with Crippen LogP contribution in [0.2, 0.25) is 0 Å². The van der Waals surface area contributed by atoms with E-state index in [1.165, 1.54) is 24.3 Å². The first-order valence-corrected chi connectivity index (χ1v) is 16.7. The van der Waals surface area contributed by atoms with Crippen LogP contribution in [-0.2, 0) is 14.2 Å². The third-order valence-electron chi connectivity index (χ3n) is 8.67. The van der Waals surface area contributed by atoms with E-state index in [9.17, 15) is 33.1 Å². The van der Waals surface area contributed by atoms with Gasteiger partial charge < -0.3 is 29.6 Å². The van der Waals surface area contributed by atoms with Crippen molar-refractivity contribution in [2.75, 3.05) is 20.2 Å². The number of ether oxygens (including phenoxy) is 1. The van der Waals surface area contributed by atoms with Crippen LogP contribution in [0.5, 0.6) is 5.75 Å². The number of carbonyl (C=O) groups excluding carboxylic acids is 3. The zero-order valence-electron chi connectivity index (χ0n) is 23.4. The number of pyridine rings is 1. The predicted molar refractivity (Wildman–Crippen MR) is 157 cm³/mol. The highest BCUT2D eigenvalue weighted by molar-refractivity contribution is 7.51. The van der Waals surface area contributed by atoms with Crippen LogP contribution >= 0.6 is 18.9 Å². The average Bonchev–Trinajstić information content (AvgIpc) is 3.55. The Bertz CT molecular complexity index is 1620. The molecule has 3 aromatic rings. The molecule has 228 valence electrons. The topological polar surface area (TPSA) is 149 Å². The predicted octanol–water partition coefficient (Wildman–Crippen LogP) is 3.72. The number of fused-ring (bicyclic) bond motifs is 2. The monoisotopic (exact) mass is 630 g/mol. The number of carbonyl (C=O) groups is 3. The molecule has 2 aromatic heterocycles. The lowest BCUT2D eigenvalue weighted by molar-refractivity contribution is -0.148. The van der Waals surface area contributed by atoms with E-state index < -0.39 is 31.5 Å². The van der Waals surface area contributed by atoms with Crippen molar-refractivity contribution in [2.24, 2.45) is 0 Å². The molecular weight excluding hydrogens is 598 g/mol. The minimum Gasteiger partial charge on any atom is -0.496 e. The molecule has 6 rings (SSSR count). The van der Waals surface area contributed by atoms with Gasteiger partial charge in [-0.1, -0.05) is 6.07 Å². The van der Waals surface area contributed by atoms with Crippen LogP contribution in [0.3, 0.4) is 0 Å². The van der Waals surface area contributed by atoms with E-state index in [2.05, 4.69) is 10.3 Å². The molecular formula is C29H32FN4O7PS. The van der Waals surface area contributed by atoms with Crippen molar-refractivity contribution >= 4 is 46.7 Å². The summed E-state index contributed by atoms with van der Waals surface area (Å²) < 4.78 is 31.6. The first-order valence-electron chi connectivity index (χ1n) is 14.2. The summed E-state index contributed by atoms with van der Waals surface area (Å²) in [5, 5.41) is 3.32. The molecule has 3 N–H and O–H groups in total. The molecule has 14 heteroatoms. The standard InChI is InChI=1S/C29H32FN4O7PS/c1-41-23-9-10-31-13-20(23)18-14-33(15-18)29(37)22-7-6-19-3-2-4-21(28(36)34(19)22)32-27(35)25-12-17-11-16(5-8-24(17)43-25)26(30)42(38,39)40/h5,8-13,18-19,21-22,26H,2-4,6-7,14-15H2,1H3,(H,32,35)(H2,38,39,40)/t19-,21-,22-,26+/m0/s1. The number of hydrogen-bond acceptors (Lipinski definition) is 7. The summed E-state index contributed by atoms with van der Waals surface area (Å²) in [5.41, 5.74) is 0.782. The van der Waals surface area contributed by atoms with Crippen LogP contribution in [0, 0.1) is 0 Å². The minimum atomic E-state index is -4.97. The normalized spacial score (nSPS) is 23.4. The molecule has 3 fully saturated rings. The maximum absolute atomic E-state index is 14.2. The number of rotatable bonds is 7. The Morgan fingerprint density at radius 1 is 1.16 bits per heavy atom. The quantitative estimate of drug-likeness (QED) is 0.335. The zero-order chi connectivity index (χ0) is 30.5.